The zero-order valence-corrected chi connectivity index (χ0v) is 11.2. The molecule has 2 aromatic carbocycles. The van der Waals surface area contributed by atoms with Gasteiger partial charge in [-0.2, -0.15) is 0 Å². The minimum absolute atomic E-state index is 0.0670. The van der Waals surface area contributed by atoms with E-state index >= 15 is 0 Å². The monoisotopic (exact) mass is 256 g/mol. The van der Waals surface area contributed by atoms with Gasteiger partial charge in [0.25, 0.3) is 0 Å². The molecule has 0 heterocycles. The molecule has 0 fully saturated rings. The Labute approximate surface area is 113 Å². The molecule has 0 saturated carbocycles. The third-order valence-electron chi connectivity index (χ3n) is 3.34. The number of benzene rings is 2. The Kier molecular flexibility index (Phi) is 4.10. The number of hydrogen-bond donors (Lipinski definition) is 0. The Morgan fingerprint density at radius 3 is 2.37 bits per heavy atom. The molecule has 0 radical (unpaired) electrons. The summed E-state index contributed by atoms with van der Waals surface area (Å²) in [6.07, 6.45) is 1.28. The van der Waals surface area contributed by atoms with Crippen molar-refractivity contribution in [3.05, 3.63) is 70.5 Å². The van der Waals surface area contributed by atoms with Gasteiger partial charge in [0.2, 0.25) is 0 Å². The predicted molar refractivity (Wildman–Crippen MR) is 75.0 cm³/mol. The van der Waals surface area contributed by atoms with Gasteiger partial charge in [-0.05, 0) is 42.2 Å². The van der Waals surface area contributed by atoms with Crippen LogP contribution in [0.15, 0.2) is 42.5 Å². The van der Waals surface area contributed by atoms with E-state index in [-0.39, 0.29) is 11.6 Å². The van der Waals surface area contributed by atoms with Crippen molar-refractivity contribution >= 4 is 5.78 Å². The number of carbonyl (C=O) groups is 1. The summed E-state index contributed by atoms with van der Waals surface area (Å²) in [6.45, 7) is 3.91. The number of rotatable bonds is 4. The van der Waals surface area contributed by atoms with Crippen molar-refractivity contribution in [2.45, 2.75) is 26.7 Å². The maximum absolute atomic E-state index is 13.0. The molecule has 0 atom stereocenters. The fourth-order valence-electron chi connectivity index (χ4n) is 2.06. The lowest BCUT2D eigenvalue weighted by Crippen LogP contribution is -2.05. The Bertz CT molecular complexity index is 585. The maximum atomic E-state index is 13.0. The first-order chi connectivity index (χ1) is 9.10. The van der Waals surface area contributed by atoms with Gasteiger partial charge in [0.05, 0.1) is 0 Å². The van der Waals surface area contributed by atoms with Gasteiger partial charge in [-0.25, -0.2) is 4.39 Å². The van der Waals surface area contributed by atoms with Crippen LogP contribution in [0.1, 0.15) is 34.0 Å². The number of Topliss-reactive ketones (excluding diaryl/α,β-unsaturated/α-hetero) is 1. The minimum atomic E-state index is -0.263. The van der Waals surface area contributed by atoms with Gasteiger partial charge in [-0.15, -0.1) is 0 Å². The molecule has 0 bridgehead atoms. The van der Waals surface area contributed by atoms with Crippen molar-refractivity contribution in [1.82, 2.24) is 0 Å². The van der Waals surface area contributed by atoms with Crippen molar-refractivity contribution in [1.29, 1.82) is 0 Å². The van der Waals surface area contributed by atoms with Gasteiger partial charge in [-0.3, -0.25) is 4.79 Å². The van der Waals surface area contributed by atoms with Gasteiger partial charge in [0, 0.05) is 12.0 Å². The fourth-order valence-corrected chi connectivity index (χ4v) is 2.06. The van der Waals surface area contributed by atoms with Gasteiger partial charge < -0.3 is 0 Å². The van der Waals surface area contributed by atoms with Gasteiger partial charge in [0.1, 0.15) is 5.82 Å². The van der Waals surface area contributed by atoms with E-state index in [1.807, 2.05) is 31.2 Å². The van der Waals surface area contributed by atoms with E-state index in [1.54, 1.807) is 6.07 Å². The van der Waals surface area contributed by atoms with E-state index in [2.05, 4.69) is 6.92 Å². The molecule has 2 aromatic rings. The highest BCUT2D eigenvalue weighted by atomic mass is 19.1. The molecule has 19 heavy (non-hydrogen) atoms. The minimum Gasteiger partial charge on any atom is -0.294 e. The number of aryl methyl sites for hydroxylation is 2. The number of carbonyl (C=O) groups excluding carboxylic acids is 1. The quantitative estimate of drug-likeness (QED) is 0.752. The molecule has 98 valence electrons. The van der Waals surface area contributed by atoms with E-state index in [4.69, 9.17) is 0 Å². The first kappa shape index (κ1) is 13.5. The van der Waals surface area contributed by atoms with Crippen LogP contribution in [0, 0.1) is 12.7 Å². The highest BCUT2D eigenvalue weighted by Gasteiger charge is 2.09. The highest BCUT2D eigenvalue weighted by Crippen LogP contribution is 2.14. The molecule has 0 N–H and O–H groups in total. The average Bonchev–Trinajstić information content (AvgIpc) is 2.42. The first-order valence-electron chi connectivity index (χ1n) is 6.47. The standard InChI is InChI=1S/C17H17FO/c1-3-13-4-6-14(7-5-13)17(19)11-15-8-9-16(18)10-12(15)2/h4-10H,3,11H2,1-2H3. The lowest BCUT2D eigenvalue weighted by molar-refractivity contribution is 0.0992. The third-order valence-corrected chi connectivity index (χ3v) is 3.34. The van der Waals surface area contributed by atoms with Crippen LogP contribution >= 0.6 is 0 Å². The van der Waals surface area contributed by atoms with E-state index in [1.165, 1.54) is 17.7 Å². The SMILES string of the molecule is CCc1ccc(C(=O)Cc2ccc(F)cc2C)cc1. The van der Waals surface area contributed by atoms with E-state index < -0.39 is 0 Å². The Morgan fingerprint density at radius 1 is 1.11 bits per heavy atom. The Balaban J connectivity index is 2.15. The molecule has 0 saturated heterocycles. The Hall–Kier alpha value is -1.96. The highest BCUT2D eigenvalue weighted by molar-refractivity contribution is 5.97. The van der Waals surface area contributed by atoms with Crippen molar-refractivity contribution in [3.63, 3.8) is 0 Å². The van der Waals surface area contributed by atoms with Crippen LogP contribution in [0.25, 0.3) is 0 Å². The van der Waals surface area contributed by atoms with Crippen LogP contribution in [0.5, 0.6) is 0 Å². The molecular formula is C17H17FO. The molecule has 1 nitrogen and oxygen atoms in total. The molecule has 0 aromatic heterocycles. The molecule has 0 unspecified atom stereocenters. The molecule has 0 aliphatic rings. The summed E-state index contributed by atoms with van der Waals surface area (Å²) in [4.78, 5) is 12.2. The van der Waals surface area contributed by atoms with Crippen LogP contribution in [-0.4, -0.2) is 5.78 Å². The molecule has 2 rings (SSSR count). The van der Waals surface area contributed by atoms with E-state index in [0.29, 0.717) is 12.0 Å². The second kappa shape index (κ2) is 5.79. The number of ketones is 1. The molecule has 0 amide bonds. The van der Waals surface area contributed by atoms with E-state index in [0.717, 1.165) is 17.5 Å². The van der Waals surface area contributed by atoms with Crippen LogP contribution in [-0.2, 0) is 12.8 Å². The lowest BCUT2D eigenvalue weighted by atomic mass is 9.98. The van der Waals surface area contributed by atoms with Crippen LogP contribution in [0.3, 0.4) is 0 Å². The molecule has 0 aliphatic heterocycles. The van der Waals surface area contributed by atoms with Crippen molar-refractivity contribution in [2.75, 3.05) is 0 Å². The average molecular weight is 256 g/mol. The molecular weight excluding hydrogens is 239 g/mol. The second-order valence-electron chi connectivity index (χ2n) is 4.72. The number of halogens is 1. The van der Waals surface area contributed by atoms with Crippen LogP contribution in [0.2, 0.25) is 0 Å². The summed E-state index contributed by atoms with van der Waals surface area (Å²) in [5.74, 6) is -0.196. The summed E-state index contributed by atoms with van der Waals surface area (Å²) in [5, 5.41) is 0. The summed E-state index contributed by atoms with van der Waals surface area (Å²) >= 11 is 0. The molecule has 0 aliphatic carbocycles. The lowest BCUT2D eigenvalue weighted by Gasteiger charge is -2.06. The number of hydrogen-bond acceptors (Lipinski definition) is 1. The second-order valence-corrected chi connectivity index (χ2v) is 4.72. The van der Waals surface area contributed by atoms with Crippen molar-refractivity contribution < 1.29 is 9.18 Å². The van der Waals surface area contributed by atoms with Gasteiger partial charge in [-0.1, -0.05) is 37.3 Å². The largest absolute Gasteiger partial charge is 0.294 e. The van der Waals surface area contributed by atoms with Crippen molar-refractivity contribution in [2.24, 2.45) is 0 Å². The van der Waals surface area contributed by atoms with Crippen LogP contribution in [0.4, 0.5) is 4.39 Å². The van der Waals surface area contributed by atoms with Crippen molar-refractivity contribution in [3.8, 4) is 0 Å². The maximum Gasteiger partial charge on any atom is 0.167 e. The van der Waals surface area contributed by atoms with Gasteiger partial charge in [0.15, 0.2) is 5.78 Å². The fraction of sp³-hybridized carbons (Fsp3) is 0.235. The van der Waals surface area contributed by atoms with Crippen LogP contribution < -0.4 is 0 Å². The van der Waals surface area contributed by atoms with E-state index in [9.17, 15) is 9.18 Å². The smallest absolute Gasteiger partial charge is 0.167 e. The zero-order chi connectivity index (χ0) is 13.8. The van der Waals surface area contributed by atoms with Gasteiger partial charge >= 0.3 is 0 Å². The normalized spacial score (nSPS) is 10.5. The summed E-state index contributed by atoms with van der Waals surface area (Å²) in [6, 6.07) is 12.2. The zero-order valence-electron chi connectivity index (χ0n) is 11.2. The third kappa shape index (κ3) is 3.28. The predicted octanol–water partition coefficient (Wildman–Crippen LogP) is 4.12. The summed E-state index contributed by atoms with van der Waals surface area (Å²) in [7, 11) is 0. The summed E-state index contributed by atoms with van der Waals surface area (Å²) < 4.78 is 13.0. The summed E-state index contributed by atoms with van der Waals surface area (Å²) in [5.41, 5.74) is 3.62. The Morgan fingerprint density at radius 2 is 1.79 bits per heavy atom. The molecule has 0 spiro atoms. The topological polar surface area (TPSA) is 17.1 Å². The first-order valence-corrected chi connectivity index (χ1v) is 6.47. The molecule has 2 heteroatoms.